The van der Waals surface area contributed by atoms with E-state index in [9.17, 15) is 0 Å². The minimum Gasteiger partial charge on any atom is -0.367 e. The van der Waals surface area contributed by atoms with Crippen LogP contribution in [0.25, 0.3) is 22.1 Å². The molecule has 2 fully saturated rings. The number of nitrogens with one attached hydrogen (secondary N) is 6. The smallest absolute Gasteiger partial charge is 0.229 e. The Kier molecular flexibility index (Phi) is 6.70. The Labute approximate surface area is 242 Å². The van der Waals surface area contributed by atoms with Gasteiger partial charge in [-0.05, 0) is 63.8 Å². The SMILES string of the molecule is Cc1cnc(NC2CC2)nc1Nc1cnc2[nH]ccc2c1.Cc1cnc(Nc2cnc3[nH]ccc3c2)nc1NC1CC1. The van der Waals surface area contributed by atoms with E-state index in [0.29, 0.717) is 24.0 Å². The molecule has 0 amide bonds. The van der Waals surface area contributed by atoms with Crippen LogP contribution in [0.2, 0.25) is 0 Å². The molecule has 2 saturated carbocycles. The lowest BCUT2D eigenvalue weighted by Crippen LogP contribution is -2.07. The molecule has 42 heavy (non-hydrogen) atoms. The van der Waals surface area contributed by atoms with Crippen LogP contribution in [-0.2, 0) is 0 Å². The Bertz CT molecular complexity index is 1850. The van der Waals surface area contributed by atoms with Crippen LogP contribution in [0.4, 0.5) is 34.9 Å². The van der Waals surface area contributed by atoms with Gasteiger partial charge in [-0.2, -0.15) is 9.97 Å². The maximum atomic E-state index is 4.55. The second kappa shape index (κ2) is 11.0. The highest BCUT2D eigenvalue weighted by Gasteiger charge is 2.23. The molecule has 6 N–H and O–H groups in total. The van der Waals surface area contributed by atoms with Gasteiger partial charge in [-0.1, -0.05) is 0 Å². The minimum atomic E-state index is 0.540. The summed E-state index contributed by atoms with van der Waals surface area (Å²) < 4.78 is 0. The maximum absolute atomic E-state index is 4.55. The van der Waals surface area contributed by atoms with Gasteiger partial charge in [0.05, 0.1) is 23.8 Å². The second-order valence-electron chi connectivity index (χ2n) is 10.8. The predicted octanol–water partition coefficient (Wildman–Crippen LogP) is 5.96. The van der Waals surface area contributed by atoms with Crippen LogP contribution < -0.4 is 21.3 Å². The standard InChI is InChI=1S/2C15H16N6/c1-9-7-18-15(20-11-2-3-11)21-13(9)19-12-6-10-4-5-16-14(10)17-8-12;1-9-7-18-15(21-13(9)19-11-2-3-11)20-12-6-10-4-5-16-14(10)17-8-12/h2*4-8,11H,2-3H2,1H3,(H,16,17)(H2,18,19,20,21). The lowest BCUT2D eigenvalue weighted by atomic mass is 10.3. The number of rotatable bonds is 8. The van der Waals surface area contributed by atoms with E-state index in [2.05, 4.69) is 61.1 Å². The highest BCUT2D eigenvalue weighted by molar-refractivity contribution is 5.80. The Morgan fingerprint density at radius 2 is 1.17 bits per heavy atom. The molecule has 6 aromatic heterocycles. The van der Waals surface area contributed by atoms with Crippen LogP contribution in [0, 0.1) is 13.8 Å². The number of hydrogen-bond donors (Lipinski definition) is 6. The first-order valence-electron chi connectivity index (χ1n) is 14.2. The van der Waals surface area contributed by atoms with Gasteiger partial charge in [-0.25, -0.2) is 19.9 Å². The minimum absolute atomic E-state index is 0.540. The van der Waals surface area contributed by atoms with Crippen molar-refractivity contribution in [2.45, 2.75) is 51.6 Å². The number of aromatic nitrogens is 8. The van der Waals surface area contributed by atoms with Crippen molar-refractivity contribution in [3.63, 3.8) is 0 Å². The lowest BCUT2D eigenvalue weighted by Gasteiger charge is -2.10. The van der Waals surface area contributed by atoms with Gasteiger partial charge in [0.2, 0.25) is 11.9 Å². The molecule has 0 atom stereocenters. The van der Waals surface area contributed by atoms with E-state index in [1.54, 1.807) is 12.4 Å². The van der Waals surface area contributed by atoms with Crippen LogP contribution >= 0.6 is 0 Å². The molecule has 0 radical (unpaired) electrons. The molecule has 12 heteroatoms. The summed E-state index contributed by atoms with van der Waals surface area (Å²) in [5, 5.41) is 15.4. The van der Waals surface area contributed by atoms with Gasteiger partial charge in [-0.15, -0.1) is 0 Å². The van der Waals surface area contributed by atoms with Crippen molar-refractivity contribution < 1.29 is 0 Å². The van der Waals surface area contributed by atoms with Gasteiger partial charge in [-0.3, -0.25) is 0 Å². The number of aromatic amines is 2. The largest absolute Gasteiger partial charge is 0.367 e. The number of nitrogens with zero attached hydrogens (tertiary/aromatic N) is 6. The molecule has 212 valence electrons. The van der Waals surface area contributed by atoms with Gasteiger partial charge in [0.15, 0.2) is 0 Å². The van der Waals surface area contributed by atoms with Crippen molar-refractivity contribution in [3.05, 3.63) is 72.6 Å². The number of H-pyrrole nitrogens is 2. The van der Waals surface area contributed by atoms with Crippen molar-refractivity contribution in [2.24, 2.45) is 0 Å². The van der Waals surface area contributed by atoms with Crippen molar-refractivity contribution >= 4 is 57.0 Å². The molecule has 0 bridgehead atoms. The van der Waals surface area contributed by atoms with Crippen molar-refractivity contribution in [3.8, 4) is 0 Å². The molecule has 0 spiro atoms. The first kappa shape index (κ1) is 25.7. The summed E-state index contributed by atoms with van der Waals surface area (Å²) >= 11 is 0. The zero-order chi connectivity index (χ0) is 28.5. The molecule has 0 unspecified atom stereocenters. The Morgan fingerprint density at radius 3 is 1.81 bits per heavy atom. The van der Waals surface area contributed by atoms with E-state index >= 15 is 0 Å². The van der Waals surface area contributed by atoms with Gasteiger partial charge in [0.1, 0.15) is 22.9 Å². The molecule has 0 saturated heterocycles. The van der Waals surface area contributed by atoms with E-state index < -0.39 is 0 Å². The van der Waals surface area contributed by atoms with Gasteiger partial charge in [0.25, 0.3) is 0 Å². The number of aryl methyl sites for hydroxylation is 2. The van der Waals surface area contributed by atoms with Crippen molar-refractivity contribution in [2.75, 3.05) is 21.3 Å². The molecule has 6 heterocycles. The Hall–Kier alpha value is -5.26. The first-order valence-corrected chi connectivity index (χ1v) is 14.2. The predicted molar refractivity (Wildman–Crippen MR) is 166 cm³/mol. The topological polar surface area (TPSA) is 157 Å². The van der Waals surface area contributed by atoms with Gasteiger partial charge < -0.3 is 31.2 Å². The molecule has 2 aliphatic carbocycles. The fourth-order valence-electron chi connectivity index (χ4n) is 4.40. The summed E-state index contributed by atoms with van der Waals surface area (Å²) in [4.78, 5) is 32.6. The average Bonchev–Trinajstić information content (AvgIpc) is 3.89. The van der Waals surface area contributed by atoms with Crippen molar-refractivity contribution in [1.82, 2.24) is 39.9 Å². The molecule has 2 aliphatic rings. The van der Waals surface area contributed by atoms with Crippen LogP contribution in [-0.4, -0.2) is 52.0 Å². The number of hydrogen-bond acceptors (Lipinski definition) is 10. The fourth-order valence-corrected chi connectivity index (χ4v) is 4.40. The molecule has 0 aliphatic heterocycles. The zero-order valence-electron chi connectivity index (χ0n) is 23.4. The van der Waals surface area contributed by atoms with Crippen LogP contribution in [0.1, 0.15) is 36.8 Å². The maximum Gasteiger partial charge on any atom is 0.229 e. The summed E-state index contributed by atoms with van der Waals surface area (Å²) in [6.45, 7) is 4.01. The Morgan fingerprint density at radius 1 is 0.619 bits per heavy atom. The van der Waals surface area contributed by atoms with E-state index in [-0.39, 0.29) is 0 Å². The fraction of sp³-hybridized carbons (Fsp3) is 0.267. The third-order valence-electron chi connectivity index (χ3n) is 7.09. The summed E-state index contributed by atoms with van der Waals surface area (Å²) in [7, 11) is 0. The molecular weight excluding hydrogens is 528 g/mol. The van der Waals surface area contributed by atoms with Gasteiger partial charge in [0, 0.05) is 58.8 Å². The van der Waals surface area contributed by atoms with E-state index in [1.807, 2.05) is 62.9 Å². The molecular formula is C30H32N12. The number of fused-ring (bicyclic) bond motifs is 2. The van der Waals surface area contributed by atoms with E-state index in [1.165, 1.54) is 25.7 Å². The summed E-state index contributed by atoms with van der Waals surface area (Å²) in [5.74, 6) is 2.98. The van der Waals surface area contributed by atoms with E-state index in [4.69, 9.17) is 0 Å². The average molecular weight is 561 g/mol. The van der Waals surface area contributed by atoms with E-state index in [0.717, 1.165) is 56.2 Å². The number of anilines is 6. The molecule has 0 aromatic carbocycles. The molecule has 6 aromatic rings. The monoisotopic (exact) mass is 560 g/mol. The quantitative estimate of drug-likeness (QED) is 0.131. The Balaban J connectivity index is 0.000000137. The lowest BCUT2D eigenvalue weighted by molar-refractivity contribution is 1.04. The summed E-state index contributed by atoms with van der Waals surface area (Å²) in [6.07, 6.45) is 15.9. The summed E-state index contributed by atoms with van der Waals surface area (Å²) in [6, 6.07) is 9.18. The van der Waals surface area contributed by atoms with Crippen LogP contribution in [0.3, 0.4) is 0 Å². The third kappa shape index (κ3) is 6.07. The van der Waals surface area contributed by atoms with Gasteiger partial charge >= 0.3 is 0 Å². The van der Waals surface area contributed by atoms with Crippen LogP contribution in [0.15, 0.2) is 61.4 Å². The molecule has 8 rings (SSSR count). The van der Waals surface area contributed by atoms with Crippen LogP contribution in [0.5, 0.6) is 0 Å². The first-order chi connectivity index (χ1) is 20.6. The molecule has 12 nitrogen and oxygen atoms in total. The van der Waals surface area contributed by atoms with Crippen molar-refractivity contribution in [1.29, 1.82) is 0 Å². The summed E-state index contributed by atoms with van der Waals surface area (Å²) in [5.41, 5.74) is 5.62. The highest BCUT2D eigenvalue weighted by Crippen LogP contribution is 2.27. The number of pyridine rings is 2. The second-order valence-corrected chi connectivity index (χ2v) is 10.8. The third-order valence-corrected chi connectivity index (χ3v) is 7.09. The zero-order valence-corrected chi connectivity index (χ0v) is 23.4. The normalized spacial score (nSPS) is 14.3. The highest BCUT2D eigenvalue weighted by atomic mass is 15.2.